The Kier molecular flexibility index (Phi) is 8.53. The minimum Gasteiger partial charge on any atom is -0.456 e. The van der Waals surface area contributed by atoms with Crippen LogP contribution in [0.15, 0.2) is 11.3 Å². The molecule has 1 fully saturated rings. The SMILES string of the molecule is CO[C@](C)(CC=O)[C@H](O[C@@H]1OC(C)CC(N(C)C)C1C)C(C)C1=C(C)C(=O)OC(C)(C)O1. The van der Waals surface area contributed by atoms with Gasteiger partial charge < -0.3 is 33.4 Å². The molecule has 0 aromatic heterocycles. The number of carbonyl (C=O) groups is 2. The van der Waals surface area contributed by atoms with Crippen molar-refractivity contribution in [2.24, 2.45) is 11.8 Å². The van der Waals surface area contributed by atoms with Crippen LogP contribution < -0.4 is 0 Å². The smallest absolute Gasteiger partial charge is 0.340 e. The first-order valence-electron chi connectivity index (χ1n) is 11.4. The maximum Gasteiger partial charge on any atom is 0.340 e. The van der Waals surface area contributed by atoms with Gasteiger partial charge in [-0.05, 0) is 41.3 Å². The van der Waals surface area contributed by atoms with Gasteiger partial charge in [0.2, 0.25) is 5.79 Å². The van der Waals surface area contributed by atoms with Gasteiger partial charge in [0.15, 0.2) is 6.29 Å². The van der Waals surface area contributed by atoms with Crippen LogP contribution in [0.4, 0.5) is 0 Å². The lowest BCUT2D eigenvalue weighted by molar-refractivity contribution is -0.283. The van der Waals surface area contributed by atoms with Gasteiger partial charge in [0.25, 0.3) is 0 Å². The molecule has 0 aromatic rings. The van der Waals surface area contributed by atoms with Crippen molar-refractivity contribution < 1.29 is 33.3 Å². The van der Waals surface area contributed by atoms with Crippen LogP contribution in [0, 0.1) is 11.8 Å². The van der Waals surface area contributed by atoms with E-state index in [4.69, 9.17) is 23.7 Å². The number of aldehydes is 1. The predicted octanol–water partition coefficient (Wildman–Crippen LogP) is 3.29. The molecule has 7 atom stereocenters. The van der Waals surface area contributed by atoms with Crippen LogP contribution in [0.25, 0.3) is 0 Å². The molecule has 0 radical (unpaired) electrons. The van der Waals surface area contributed by atoms with Crippen molar-refractivity contribution in [2.75, 3.05) is 21.2 Å². The van der Waals surface area contributed by atoms with E-state index in [-0.39, 0.29) is 24.5 Å². The third kappa shape index (κ3) is 5.71. The Morgan fingerprint density at radius 1 is 1.28 bits per heavy atom. The van der Waals surface area contributed by atoms with Crippen LogP contribution in [0.1, 0.15) is 61.3 Å². The van der Waals surface area contributed by atoms with E-state index in [1.54, 1.807) is 27.9 Å². The van der Waals surface area contributed by atoms with Gasteiger partial charge in [0, 0.05) is 45.3 Å². The molecular formula is C24H41NO7. The Bertz CT molecular complexity index is 719. The lowest BCUT2D eigenvalue weighted by atomic mass is 9.83. The van der Waals surface area contributed by atoms with Crippen molar-refractivity contribution in [2.45, 2.75) is 97.2 Å². The zero-order chi connectivity index (χ0) is 24.4. The second kappa shape index (κ2) is 10.2. The molecule has 2 rings (SSSR count). The molecule has 0 aliphatic carbocycles. The van der Waals surface area contributed by atoms with Gasteiger partial charge in [-0.3, -0.25) is 0 Å². The van der Waals surface area contributed by atoms with E-state index in [9.17, 15) is 9.59 Å². The fourth-order valence-corrected chi connectivity index (χ4v) is 4.73. The lowest BCUT2D eigenvalue weighted by Crippen LogP contribution is -2.55. The Labute approximate surface area is 192 Å². The number of cyclic esters (lactones) is 1. The maximum absolute atomic E-state index is 12.5. The molecule has 184 valence electrons. The summed E-state index contributed by atoms with van der Waals surface area (Å²) in [5.41, 5.74) is -0.576. The summed E-state index contributed by atoms with van der Waals surface area (Å²) in [7, 11) is 5.67. The molecule has 32 heavy (non-hydrogen) atoms. The van der Waals surface area contributed by atoms with Crippen molar-refractivity contribution in [1.82, 2.24) is 4.90 Å². The fraction of sp³-hybridized carbons (Fsp3) is 0.833. The normalized spacial score (nSPS) is 32.0. The van der Waals surface area contributed by atoms with Crippen LogP contribution in [0.5, 0.6) is 0 Å². The van der Waals surface area contributed by atoms with Crippen molar-refractivity contribution in [3.05, 3.63) is 11.3 Å². The van der Waals surface area contributed by atoms with Crippen LogP contribution in [-0.2, 0) is 33.3 Å². The number of rotatable bonds is 9. The number of ether oxygens (including phenoxy) is 5. The summed E-state index contributed by atoms with van der Waals surface area (Å²) in [4.78, 5) is 26.2. The zero-order valence-electron chi connectivity index (χ0n) is 21.3. The number of carbonyl (C=O) groups excluding carboxylic acids is 2. The van der Waals surface area contributed by atoms with Gasteiger partial charge in [-0.15, -0.1) is 0 Å². The molecule has 0 bridgehead atoms. The molecule has 8 nitrogen and oxygen atoms in total. The molecule has 2 aliphatic rings. The van der Waals surface area contributed by atoms with Gasteiger partial charge in [-0.25, -0.2) is 4.79 Å². The predicted molar refractivity (Wildman–Crippen MR) is 120 cm³/mol. The van der Waals surface area contributed by atoms with Crippen LogP contribution in [0.2, 0.25) is 0 Å². The summed E-state index contributed by atoms with van der Waals surface area (Å²) >= 11 is 0. The third-order valence-electron chi connectivity index (χ3n) is 6.71. The topological polar surface area (TPSA) is 83.5 Å². The number of nitrogens with zero attached hydrogens (tertiary/aromatic N) is 1. The number of hydrogen-bond donors (Lipinski definition) is 0. The average Bonchev–Trinajstić information content (AvgIpc) is 2.70. The summed E-state index contributed by atoms with van der Waals surface area (Å²) in [5.74, 6) is -1.38. The number of esters is 1. The van der Waals surface area contributed by atoms with Crippen LogP contribution in [0.3, 0.4) is 0 Å². The minimum atomic E-state index is -1.10. The van der Waals surface area contributed by atoms with E-state index >= 15 is 0 Å². The highest BCUT2D eigenvalue weighted by molar-refractivity contribution is 5.89. The van der Waals surface area contributed by atoms with E-state index in [0.717, 1.165) is 12.7 Å². The van der Waals surface area contributed by atoms with E-state index in [1.807, 2.05) is 20.8 Å². The van der Waals surface area contributed by atoms with E-state index in [1.165, 1.54) is 0 Å². The van der Waals surface area contributed by atoms with Crippen molar-refractivity contribution >= 4 is 12.3 Å². The van der Waals surface area contributed by atoms with Gasteiger partial charge in [0.1, 0.15) is 12.0 Å². The second-order valence-electron chi connectivity index (χ2n) is 10.1. The van der Waals surface area contributed by atoms with E-state index in [0.29, 0.717) is 11.3 Å². The first-order valence-corrected chi connectivity index (χ1v) is 11.4. The molecule has 0 amide bonds. The zero-order valence-corrected chi connectivity index (χ0v) is 21.3. The molecule has 2 aliphatic heterocycles. The van der Waals surface area contributed by atoms with Gasteiger partial charge >= 0.3 is 5.97 Å². The molecular weight excluding hydrogens is 414 g/mol. The number of methoxy groups -OCH3 is 1. The van der Waals surface area contributed by atoms with E-state index in [2.05, 4.69) is 25.9 Å². The molecule has 0 N–H and O–H groups in total. The lowest BCUT2D eigenvalue weighted by Gasteiger charge is -2.47. The summed E-state index contributed by atoms with van der Waals surface area (Å²) in [6, 6.07) is 0.278. The molecule has 0 spiro atoms. The van der Waals surface area contributed by atoms with Gasteiger partial charge in [-0.1, -0.05) is 13.8 Å². The molecule has 4 unspecified atom stereocenters. The summed E-state index contributed by atoms with van der Waals surface area (Å²) in [5, 5.41) is 0. The van der Waals surface area contributed by atoms with Crippen LogP contribution >= 0.6 is 0 Å². The highest BCUT2D eigenvalue weighted by Gasteiger charge is 2.48. The van der Waals surface area contributed by atoms with Crippen molar-refractivity contribution in [3.63, 3.8) is 0 Å². The first-order chi connectivity index (χ1) is 14.8. The van der Waals surface area contributed by atoms with Crippen molar-refractivity contribution in [1.29, 1.82) is 0 Å². The Balaban J connectivity index is 2.46. The highest BCUT2D eigenvalue weighted by atomic mass is 16.7. The van der Waals surface area contributed by atoms with E-state index < -0.39 is 35.7 Å². The Hall–Kier alpha value is -1.48. The fourth-order valence-electron chi connectivity index (χ4n) is 4.73. The second-order valence-corrected chi connectivity index (χ2v) is 10.1. The van der Waals surface area contributed by atoms with Crippen LogP contribution in [-0.4, -0.2) is 74.3 Å². The molecule has 8 heteroatoms. The number of hydrogen-bond acceptors (Lipinski definition) is 8. The minimum absolute atomic E-state index is 0.0141. The average molecular weight is 456 g/mol. The quantitative estimate of drug-likeness (QED) is 0.387. The summed E-state index contributed by atoms with van der Waals surface area (Å²) < 4.78 is 30.1. The molecule has 1 saturated heterocycles. The highest BCUT2D eigenvalue weighted by Crippen LogP contribution is 2.40. The standard InChI is InChI=1S/C24H41NO7/c1-14-13-18(25(8)9)15(2)22(29-14)30-20(24(7,28-10)11-12-26)16(3)19-17(4)21(27)32-23(5,6)31-19/h12,14-16,18,20,22H,11,13H2,1-10H3/t14?,15?,16?,18?,20-,22+,24-/m1/s1. The van der Waals surface area contributed by atoms with Crippen molar-refractivity contribution in [3.8, 4) is 0 Å². The summed E-state index contributed by atoms with van der Waals surface area (Å²) in [6.45, 7) is 13.0. The Morgan fingerprint density at radius 2 is 1.91 bits per heavy atom. The summed E-state index contributed by atoms with van der Waals surface area (Å²) in [6.07, 6.45) is 0.725. The van der Waals surface area contributed by atoms with Gasteiger partial charge in [0.05, 0.1) is 23.4 Å². The monoisotopic (exact) mass is 455 g/mol. The maximum atomic E-state index is 12.5. The Morgan fingerprint density at radius 3 is 2.44 bits per heavy atom. The molecule has 0 saturated carbocycles. The largest absolute Gasteiger partial charge is 0.456 e. The first kappa shape index (κ1) is 26.8. The third-order valence-corrected chi connectivity index (χ3v) is 6.71. The molecule has 2 heterocycles. The van der Waals surface area contributed by atoms with Gasteiger partial charge in [-0.2, -0.15) is 0 Å². The molecule has 0 aromatic carbocycles.